The molecule has 3 heterocycles. The number of pyridine rings is 1. The van der Waals surface area contributed by atoms with Crippen LogP contribution in [-0.2, 0) is 0 Å². The lowest BCUT2D eigenvalue weighted by Crippen LogP contribution is -2.43. The molecule has 1 amide bonds. The van der Waals surface area contributed by atoms with Crippen molar-refractivity contribution >= 4 is 36.5 Å². The number of aromatic nitrogens is 1. The second-order valence-corrected chi connectivity index (χ2v) is 6.56. The number of nitrogens with two attached hydrogens (primary N) is 1. The average Bonchev–Trinajstić information content (AvgIpc) is 3.08. The van der Waals surface area contributed by atoms with Gasteiger partial charge in [0, 0.05) is 38.4 Å². The summed E-state index contributed by atoms with van der Waals surface area (Å²) >= 11 is 0. The Morgan fingerprint density at radius 3 is 2.42 bits per heavy atom. The van der Waals surface area contributed by atoms with Gasteiger partial charge in [-0.25, -0.2) is 4.98 Å². The zero-order valence-electron chi connectivity index (χ0n) is 14.2. The molecule has 2 saturated heterocycles. The van der Waals surface area contributed by atoms with E-state index >= 15 is 0 Å². The molecule has 1 aromatic rings. The Morgan fingerprint density at radius 1 is 1.21 bits per heavy atom. The third-order valence-corrected chi connectivity index (χ3v) is 4.99. The van der Waals surface area contributed by atoms with E-state index in [2.05, 4.69) is 16.8 Å². The minimum atomic E-state index is 0. The minimum absolute atomic E-state index is 0. The third kappa shape index (κ3) is 4.52. The Hall–Kier alpha value is -1.04. The van der Waals surface area contributed by atoms with E-state index in [1.54, 1.807) is 6.20 Å². The van der Waals surface area contributed by atoms with Crippen LogP contribution >= 0.6 is 24.8 Å². The molecule has 2 N–H and O–H groups in total. The minimum Gasteiger partial charge on any atom is -0.356 e. The van der Waals surface area contributed by atoms with E-state index in [0.29, 0.717) is 5.92 Å². The number of likely N-dealkylation sites (tertiary alicyclic amines) is 1. The lowest BCUT2D eigenvalue weighted by atomic mass is 9.90. The average molecular weight is 375 g/mol. The van der Waals surface area contributed by atoms with E-state index in [-0.39, 0.29) is 36.8 Å². The van der Waals surface area contributed by atoms with Gasteiger partial charge in [-0.2, -0.15) is 0 Å². The van der Waals surface area contributed by atoms with Crippen LogP contribution in [0, 0.1) is 5.92 Å². The van der Waals surface area contributed by atoms with Gasteiger partial charge in [0.1, 0.15) is 5.82 Å². The number of nitrogens with zero attached hydrogens (tertiary/aromatic N) is 3. The van der Waals surface area contributed by atoms with Crippen molar-refractivity contribution in [2.75, 3.05) is 31.1 Å². The zero-order valence-corrected chi connectivity index (χ0v) is 15.8. The predicted molar refractivity (Wildman–Crippen MR) is 102 cm³/mol. The summed E-state index contributed by atoms with van der Waals surface area (Å²) in [6, 6.07) is 4.00. The highest BCUT2D eigenvalue weighted by atomic mass is 35.5. The Morgan fingerprint density at radius 2 is 1.83 bits per heavy atom. The van der Waals surface area contributed by atoms with E-state index in [9.17, 15) is 4.79 Å². The van der Waals surface area contributed by atoms with E-state index in [1.165, 1.54) is 12.8 Å². The van der Waals surface area contributed by atoms with Crippen LogP contribution in [-0.4, -0.2) is 48.0 Å². The van der Waals surface area contributed by atoms with Crippen LogP contribution in [0.5, 0.6) is 0 Å². The molecule has 0 saturated carbocycles. The summed E-state index contributed by atoms with van der Waals surface area (Å²) in [7, 11) is 0. The molecule has 0 radical (unpaired) electrons. The summed E-state index contributed by atoms with van der Waals surface area (Å²) in [5, 5.41) is 0. The Kier molecular flexibility index (Phi) is 8.27. The molecular weight excluding hydrogens is 347 g/mol. The van der Waals surface area contributed by atoms with Crippen molar-refractivity contribution in [1.82, 2.24) is 9.88 Å². The molecule has 2 aliphatic rings. The monoisotopic (exact) mass is 374 g/mol. The van der Waals surface area contributed by atoms with E-state index in [1.807, 2.05) is 17.0 Å². The van der Waals surface area contributed by atoms with Gasteiger partial charge in [0.15, 0.2) is 0 Å². The number of piperidine rings is 1. The molecule has 2 fully saturated rings. The Bertz CT molecular complexity index is 527. The van der Waals surface area contributed by atoms with Gasteiger partial charge in [-0.05, 0) is 50.7 Å². The van der Waals surface area contributed by atoms with Crippen molar-refractivity contribution in [3.05, 3.63) is 23.9 Å². The van der Waals surface area contributed by atoms with Gasteiger partial charge in [-0.15, -0.1) is 24.8 Å². The number of carbonyl (C=O) groups excluding carboxylic acids is 1. The summed E-state index contributed by atoms with van der Waals surface area (Å²) in [5.74, 6) is 1.52. The molecule has 2 aliphatic heterocycles. The maximum Gasteiger partial charge on any atom is 0.257 e. The second-order valence-electron chi connectivity index (χ2n) is 6.56. The van der Waals surface area contributed by atoms with Crippen LogP contribution < -0.4 is 10.6 Å². The lowest BCUT2D eigenvalue weighted by molar-refractivity contribution is 0.0681. The number of anilines is 1. The second kappa shape index (κ2) is 9.44. The topological polar surface area (TPSA) is 62.5 Å². The van der Waals surface area contributed by atoms with Crippen LogP contribution in [0.2, 0.25) is 0 Å². The van der Waals surface area contributed by atoms with Crippen molar-refractivity contribution in [2.45, 2.75) is 38.6 Å². The molecule has 7 heteroatoms. The third-order valence-electron chi connectivity index (χ3n) is 4.99. The fourth-order valence-corrected chi connectivity index (χ4v) is 3.54. The normalized spacial score (nSPS) is 19.4. The zero-order chi connectivity index (χ0) is 15.5. The summed E-state index contributed by atoms with van der Waals surface area (Å²) in [6.45, 7) is 5.68. The quantitative estimate of drug-likeness (QED) is 0.883. The first-order valence-corrected chi connectivity index (χ1v) is 8.41. The van der Waals surface area contributed by atoms with Crippen molar-refractivity contribution in [3.63, 3.8) is 0 Å². The fourth-order valence-electron chi connectivity index (χ4n) is 3.54. The molecule has 1 atom stereocenters. The van der Waals surface area contributed by atoms with E-state index < -0.39 is 0 Å². The van der Waals surface area contributed by atoms with Crippen molar-refractivity contribution in [3.8, 4) is 0 Å². The largest absolute Gasteiger partial charge is 0.356 e. The maximum absolute atomic E-state index is 12.9. The number of hydrogen-bond donors (Lipinski definition) is 1. The highest BCUT2D eigenvalue weighted by Gasteiger charge is 2.28. The number of hydrogen-bond acceptors (Lipinski definition) is 4. The van der Waals surface area contributed by atoms with E-state index in [0.717, 1.165) is 50.4 Å². The standard InChI is InChI=1S/C17H26N4O.2ClH/c1-13(18)14-6-11-21(12-7-14)17(22)15-5-4-8-19-16(15)20-9-2-3-10-20;;/h4-5,8,13-14H,2-3,6-7,9-12,18H2,1H3;2*1H. The molecule has 136 valence electrons. The maximum atomic E-state index is 12.9. The molecule has 5 nitrogen and oxygen atoms in total. The predicted octanol–water partition coefficient (Wildman–Crippen LogP) is 2.72. The lowest BCUT2D eigenvalue weighted by Gasteiger charge is -2.34. The van der Waals surface area contributed by atoms with Gasteiger partial charge in [0.2, 0.25) is 0 Å². The highest BCUT2D eigenvalue weighted by Crippen LogP contribution is 2.26. The number of carbonyl (C=O) groups is 1. The van der Waals surface area contributed by atoms with Gasteiger partial charge in [-0.3, -0.25) is 4.79 Å². The van der Waals surface area contributed by atoms with Gasteiger partial charge in [0.25, 0.3) is 5.91 Å². The van der Waals surface area contributed by atoms with Gasteiger partial charge >= 0.3 is 0 Å². The van der Waals surface area contributed by atoms with Crippen LogP contribution in [0.3, 0.4) is 0 Å². The van der Waals surface area contributed by atoms with Gasteiger partial charge in [-0.1, -0.05) is 0 Å². The van der Waals surface area contributed by atoms with Crippen LogP contribution in [0.1, 0.15) is 43.0 Å². The SMILES string of the molecule is CC(N)C1CCN(C(=O)c2cccnc2N2CCCC2)CC1.Cl.Cl. The molecule has 0 aromatic carbocycles. The van der Waals surface area contributed by atoms with Crippen molar-refractivity contribution in [1.29, 1.82) is 0 Å². The van der Waals surface area contributed by atoms with Crippen LogP contribution in [0.4, 0.5) is 5.82 Å². The molecule has 0 spiro atoms. The molecule has 0 aliphatic carbocycles. The Balaban J connectivity index is 0.00000144. The summed E-state index contributed by atoms with van der Waals surface area (Å²) in [6.07, 6.45) is 6.16. The number of amides is 1. The highest BCUT2D eigenvalue weighted by molar-refractivity contribution is 5.99. The molecule has 1 unspecified atom stereocenters. The first-order valence-electron chi connectivity index (χ1n) is 8.41. The smallest absolute Gasteiger partial charge is 0.257 e. The Labute approximate surface area is 156 Å². The van der Waals surface area contributed by atoms with Gasteiger partial charge < -0.3 is 15.5 Å². The van der Waals surface area contributed by atoms with Gasteiger partial charge in [0.05, 0.1) is 5.56 Å². The number of rotatable bonds is 3. The molecule has 3 rings (SSSR count). The van der Waals surface area contributed by atoms with Crippen molar-refractivity contribution < 1.29 is 4.79 Å². The molecular formula is C17H28Cl2N4O. The number of halogens is 2. The first kappa shape index (κ1) is 21.0. The summed E-state index contributed by atoms with van der Waals surface area (Å²) < 4.78 is 0. The summed E-state index contributed by atoms with van der Waals surface area (Å²) in [4.78, 5) is 21.6. The van der Waals surface area contributed by atoms with Crippen molar-refractivity contribution in [2.24, 2.45) is 11.7 Å². The first-order chi connectivity index (χ1) is 10.7. The van der Waals surface area contributed by atoms with E-state index in [4.69, 9.17) is 5.73 Å². The molecule has 1 aromatic heterocycles. The summed E-state index contributed by atoms with van der Waals surface area (Å²) in [5.41, 5.74) is 6.74. The van der Waals surface area contributed by atoms with Crippen LogP contribution in [0.25, 0.3) is 0 Å². The van der Waals surface area contributed by atoms with Crippen LogP contribution in [0.15, 0.2) is 18.3 Å². The fraction of sp³-hybridized carbons (Fsp3) is 0.647. The molecule has 0 bridgehead atoms. The molecule has 24 heavy (non-hydrogen) atoms.